The average molecular weight is 556 g/mol. The summed E-state index contributed by atoms with van der Waals surface area (Å²) >= 11 is 0. The van der Waals surface area contributed by atoms with E-state index in [9.17, 15) is 4.39 Å². The summed E-state index contributed by atoms with van der Waals surface area (Å²) in [5, 5.41) is 6.69. The first-order valence-electron chi connectivity index (χ1n) is 10.7. The Morgan fingerprint density at radius 3 is 2.59 bits per heavy atom. The Bertz CT molecular complexity index is 909. The van der Waals surface area contributed by atoms with Crippen molar-refractivity contribution < 1.29 is 18.6 Å². The van der Waals surface area contributed by atoms with Crippen molar-refractivity contribution in [1.29, 1.82) is 0 Å². The van der Waals surface area contributed by atoms with Crippen LogP contribution in [0.2, 0.25) is 0 Å². The molecule has 0 spiro atoms. The predicted octanol–water partition coefficient (Wildman–Crippen LogP) is 3.67. The molecular weight excluding hydrogens is 526 g/mol. The minimum atomic E-state index is -0.231. The number of guanidine groups is 1. The molecule has 0 radical (unpaired) electrons. The van der Waals surface area contributed by atoms with Crippen molar-refractivity contribution in [2.75, 3.05) is 58.4 Å². The molecule has 0 amide bonds. The van der Waals surface area contributed by atoms with Crippen LogP contribution in [0.25, 0.3) is 0 Å². The second-order valence-corrected chi connectivity index (χ2v) is 7.51. The molecule has 0 bridgehead atoms. The Kier molecular flexibility index (Phi) is 9.36. The van der Waals surface area contributed by atoms with E-state index in [1.165, 1.54) is 6.07 Å². The highest BCUT2D eigenvalue weighted by Gasteiger charge is 2.23. The van der Waals surface area contributed by atoms with Crippen molar-refractivity contribution in [2.45, 2.75) is 12.5 Å². The van der Waals surface area contributed by atoms with Gasteiger partial charge in [-0.15, -0.1) is 24.0 Å². The van der Waals surface area contributed by atoms with Gasteiger partial charge in [-0.3, -0.25) is 9.89 Å². The maximum absolute atomic E-state index is 13.9. The van der Waals surface area contributed by atoms with Crippen LogP contribution in [0.4, 0.5) is 10.1 Å². The molecule has 32 heavy (non-hydrogen) atoms. The Hall–Kier alpha value is -2.11. The highest BCUT2D eigenvalue weighted by atomic mass is 127. The molecule has 2 heterocycles. The van der Waals surface area contributed by atoms with Gasteiger partial charge in [0.25, 0.3) is 0 Å². The minimum Gasteiger partial charge on any atom is -0.490 e. The largest absolute Gasteiger partial charge is 0.490 e. The molecule has 1 fully saturated rings. The highest BCUT2D eigenvalue weighted by Crippen LogP contribution is 2.32. The van der Waals surface area contributed by atoms with Gasteiger partial charge in [0.2, 0.25) is 0 Å². The summed E-state index contributed by atoms with van der Waals surface area (Å²) in [6.07, 6.45) is 0.865. The third-order valence-electron chi connectivity index (χ3n) is 5.42. The van der Waals surface area contributed by atoms with Crippen LogP contribution in [0.5, 0.6) is 11.5 Å². The molecular formula is C23H30FIN4O3. The van der Waals surface area contributed by atoms with Gasteiger partial charge in [0.15, 0.2) is 17.5 Å². The number of ether oxygens (including phenoxy) is 3. The molecule has 2 aromatic rings. The molecule has 0 aliphatic carbocycles. The SMILES string of the molecule is CN=C(NCC(c1cccc(F)c1)N1CCOCC1)Nc1ccc2c(c1)OCCCO2.I. The van der Waals surface area contributed by atoms with Gasteiger partial charge < -0.3 is 24.8 Å². The molecule has 2 N–H and O–H groups in total. The smallest absolute Gasteiger partial charge is 0.195 e. The molecule has 174 valence electrons. The van der Waals surface area contributed by atoms with Gasteiger partial charge >= 0.3 is 0 Å². The number of anilines is 1. The molecule has 2 aliphatic heterocycles. The van der Waals surface area contributed by atoms with E-state index in [0.717, 1.165) is 42.3 Å². The first-order valence-corrected chi connectivity index (χ1v) is 10.7. The Morgan fingerprint density at radius 1 is 1.06 bits per heavy atom. The van der Waals surface area contributed by atoms with Gasteiger partial charge in [-0.2, -0.15) is 0 Å². The number of benzene rings is 2. The lowest BCUT2D eigenvalue weighted by atomic mass is 10.0. The van der Waals surface area contributed by atoms with Crippen LogP contribution in [0.15, 0.2) is 47.5 Å². The number of hydrogen-bond donors (Lipinski definition) is 2. The van der Waals surface area contributed by atoms with Crippen LogP contribution >= 0.6 is 24.0 Å². The minimum absolute atomic E-state index is 0. The van der Waals surface area contributed by atoms with Crippen LogP contribution in [-0.4, -0.2) is 64.0 Å². The van der Waals surface area contributed by atoms with Gasteiger partial charge in [-0.1, -0.05) is 12.1 Å². The van der Waals surface area contributed by atoms with Crippen molar-refractivity contribution >= 4 is 35.6 Å². The molecule has 4 rings (SSSR count). The van der Waals surface area contributed by atoms with E-state index in [-0.39, 0.29) is 35.8 Å². The zero-order chi connectivity index (χ0) is 21.5. The van der Waals surface area contributed by atoms with E-state index in [1.807, 2.05) is 24.3 Å². The number of nitrogens with one attached hydrogen (secondary N) is 2. The number of halogens is 2. The lowest BCUT2D eigenvalue weighted by Gasteiger charge is -2.35. The topological polar surface area (TPSA) is 67.4 Å². The first kappa shape index (κ1) is 24.5. The zero-order valence-electron chi connectivity index (χ0n) is 18.2. The van der Waals surface area contributed by atoms with Gasteiger partial charge in [0.05, 0.1) is 32.5 Å². The molecule has 1 saturated heterocycles. The summed E-state index contributed by atoms with van der Waals surface area (Å²) in [5.74, 6) is 1.88. The van der Waals surface area contributed by atoms with Crippen molar-refractivity contribution in [3.8, 4) is 11.5 Å². The zero-order valence-corrected chi connectivity index (χ0v) is 20.5. The lowest BCUT2D eigenvalue weighted by Crippen LogP contribution is -2.44. The summed E-state index contributed by atoms with van der Waals surface area (Å²) < 4.78 is 30.9. The Morgan fingerprint density at radius 2 is 1.84 bits per heavy atom. The van der Waals surface area contributed by atoms with E-state index in [4.69, 9.17) is 14.2 Å². The maximum Gasteiger partial charge on any atom is 0.195 e. The monoisotopic (exact) mass is 556 g/mol. The molecule has 0 aromatic heterocycles. The molecule has 0 saturated carbocycles. The summed E-state index contributed by atoms with van der Waals surface area (Å²) in [6.45, 7) is 4.83. The summed E-state index contributed by atoms with van der Waals surface area (Å²) in [6, 6.07) is 12.5. The highest BCUT2D eigenvalue weighted by molar-refractivity contribution is 14.0. The van der Waals surface area contributed by atoms with E-state index < -0.39 is 0 Å². The van der Waals surface area contributed by atoms with Gasteiger partial charge in [-0.05, 0) is 29.8 Å². The second kappa shape index (κ2) is 12.2. The fourth-order valence-corrected chi connectivity index (χ4v) is 3.81. The van der Waals surface area contributed by atoms with Gasteiger partial charge in [0, 0.05) is 44.9 Å². The van der Waals surface area contributed by atoms with E-state index in [2.05, 4.69) is 20.5 Å². The average Bonchev–Trinajstić information content (AvgIpc) is 3.04. The van der Waals surface area contributed by atoms with Crippen LogP contribution in [-0.2, 0) is 4.74 Å². The van der Waals surface area contributed by atoms with Gasteiger partial charge in [0.1, 0.15) is 5.82 Å². The summed E-state index contributed by atoms with van der Waals surface area (Å²) in [4.78, 5) is 6.66. The molecule has 1 atom stereocenters. The van der Waals surface area contributed by atoms with E-state index in [1.54, 1.807) is 19.2 Å². The number of aliphatic imine (C=N–C) groups is 1. The number of rotatable bonds is 5. The van der Waals surface area contributed by atoms with E-state index in [0.29, 0.717) is 38.9 Å². The fourth-order valence-electron chi connectivity index (χ4n) is 3.81. The maximum atomic E-state index is 13.9. The van der Waals surface area contributed by atoms with Crippen molar-refractivity contribution in [3.05, 3.63) is 53.8 Å². The molecule has 1 unspecified atom stereocenters. The number of fused-ring (bicyclic) bond motifs is 1. The third kappa shape index (κ3) is 6.46. The Balaban J connectivity index is 0.00000289. The Labute approximate surface area is 205 Å². The number of hydrogen-bond acceptors (Lipinski definition) is 5. The van der Waals surface area contributed by atoms with Crippen LogP contribution in [0.3, 0.4) is 0 Å². The predicted molar refractivity (Wildman–Crippen MR) is 134 cm³/mol. The standard InChI is InChI=1S/C23H29FN4O3.HI/c1-25-23(27-19-6-7-21-22(15-19)31-11-3-10-30-21)26-16-20(28-8-12-29-13-9-28)17-4-2-5-18(24)14-17;/h2,4-7,14-15,20H,3,8-13,16H2,1H3,(H2,25,26,27);1H. The van der Waals surface area contributed by atoms with Gasteiger partial charge in [-0.25, -0.2) is 4.39 Å². The molecule has 2 aromatic carbocycles. The third-order valence-corrected chi connectivity index (χ3v) is 5.42. The number of morpholine rings is 1. The fraction of sp³-hybridized carbons (Fsp3) is 0.435. The molecule has 9 heteroatoms. The van der Waals surface area contributed by atoms with Crippen LogP contribution < -0.4 is 20.1 Å². The lowest BCUT2D eigenvalue weighted by molar-refractivity contribution is 0.0170. The summed E-state index contributed by atoms with van der Waals surface area (Å²) in [5.41, 5.74) is 1.78. The summed E-state index contributed by atoms with van der Waals surface area (Å²) in [7, 11) is 1.73. The first-order chi connectivity index (χ1) is 15.2. The van der Waals surface area contributed by atoms with Crippen LogP contribution in [0, 0.1) is 5.82 Å². The van der Waals surface area contributed by atoms with E-state index >= 15 is 0 Å². The van der Waals surface area contributed by atoms with Crippen molar-refractivity contribution in [2.24, 2.45) is 4.99 Å². The van der Waals surface area contributed by atoms with Crippen molar-refractivity contribution in [1.82, 2.24) is 10.2 Å². The molecule has 2 aliphatic rings. The quantitative estimate of drug-likeness (QED) is 0.333. The normalized spacial score (nSPS) is 17.6. The van der Waals surface area contributed by atoms with Crippen molar-refractivity contribution in [3.63, 3.8) is 0 Å². The number of nitrogens with zero attached hydrogens (tertiary/aromatic N) is 2. The molecule has 7 nitrogen and oxygen atoms in total. The second-order valence-electron chi connectivity index (χ2n) is 7.51. The van der Waals surface area contributed by atoms with Crippen LogP contribution in [0.1, 0.15) is 18.0 Å².